The van der Waals surface area contributed by atoms with E-state index in [9.17, 15) is 9.59 Å². The fraction of sp³-hybridized carbons (Fsp3) is 0.571. The van der Waals surface area contributed by atoms with E-state index in [1.807, 2.05) is 36.4 Å². The first-order valence-corrected chi connectivity index (χ1v) is 13.0. The van der Waals surface area contributed by atoms with Gasteiger partial charge in [-0.3, -0.25) is 10.6 Å². The van der Waals surface area contributed by atoms with Gasteiger partial charge < -0.3 is 9.47 Å². The third-order valence-corrected chi connectivity index (χ3v) is 5.86. The summed E-state index contributed by atoms with van der Waals surface area (Å²) in [4.78, 5) is 24.5. The van der Waals surface area contributed by atoms with Crippen LogP contribution in [0.1, 0.15) is 90.9 Å². The highest BCUT2D eigenvalue weighted by Gasteiger charge is 2.11. The van der Waals surface area contributed by atoms with Gasteiger partial charge in [0, 0.05) is 10.8 Å². The SMILES string of the molecule is CCCCCCCCOC(=O)Nc1cccc2c(NC(=O)OCCCCCCCC)cccc12. The van der Waals surface area contributed by atoms with E-state index in [1.54, 1.807) is 0 Å². The lowest BCUT2D eigenvalue weighted by molar-refractivity contribution is 0.158. The fourth-order valence-electron chi connectivity index (χ4n) is 3.91. The van der Waals surface area contributed by atoms with E-state index in [2.05, 4.69) is 24.5 Å². The number of fused-ring (bicyclic) bond motifs is 1. The summed E-state index contributed by atoms with van der Waals surface area (Å²) in [6.45, 7) is 5.23. The first-order chi connectivity index (χ1) is 16.7. The molecular weight excluding hydrogens is 428 g/mol. The number of unbranched alkanes of at least 4 members (excludes halogenated alkanes) is 10. The molecule has 0 saturated heterocycles. The van der Waals surface area contributed by atoms with Crippen LogP contribution in [0.4, 0.5) is 21.0 Å². The molecule has 6 nitrogen and oxygen atoms in total. The Morgan fingerprint density at radius 1 is 0.588 bits per heavy atom. The van der Waals surface area contributed by atoms with Crippen molar-refractivity contribution in [1.82, 2.24) is 0 Å². The van der Waals surface area contributed by atoms with E-state index in [1.165, 1.54) is 51.4 Å². The highest BCUT2D eigenvalue weighted by Crippen LogP contribution is 2.29. The molecule has 0 aliphatic carbocycles. The Balaban J connectivity index is 1.82. The molecule has 34 heavy (non-hydrogen) atoms. The molecule has 0 saturated carbocycles. The van der Waals surface area contributed by atoms with E-state index in [0.717, 1.165) is 36.5 Å². The zero-order chi connectivity index (χ0) is 24.4. The van der Waals surface area contributed by atoms with Crippen LogP contribution in [0.2, 0.25) is 0 Å². The number of carbonyl (C=O) groups excluding carboxylic acids is 2. The third kappa shape index (κ3) is 10.4. The molecule has 0 radical (unpaired) electrons. The van der Waals surface area contributed by atoms with Gasteiger partial charge in [-0.05, 0) is 25.0 Å². The molecule has 0 fully saturated rings. The monoisotopic (exact) mass is 470 g/mol. The van der Waals surface area contributed by atoms with Gasteiger partial charge in [0.25, 0.3) is 0 Å². The van der Waals surface area contributed by atoms with Crippen molar-refractivity contribution in [2.45, 2.75) is 90.9 Å². The zero-order valence-corrected chi connectivity index (χ0v) is 21.0. The van der Waals surface area contributed by atoms with E-state index < -0.39 is 12.2 Å². The Kier molecular flexibility index (Phi) is 13.6. The molecule has 2 amide bonds. The number of amides is 2. The maximum atomic E-state index is 12.3. The normalized spacial score (nSPS) is 10.8. The minimum absolute atomic E-state index is 0.417. The van der Waals surface area contributed by atoms with Crippen LogP contribution in [0.5, 0.6) is 0 Å². The summed E-state index contributed by atoms with van der Waals surface area (Å²) in [7, 11) is 0. The number of anilines is 2. The molecule has 0 spiro atoms. The van der Waals surface area contributed by atoms with Crippen molar-refractivity contribution in [2.75, 3.05) is 23.8 Å². The quantitative estimate of drug-likeness (QED) is 0.241. The number of carbonyl (C=O) groups is 2. The van der Waals surface area contributed by atoms with Gasteiger partial charge in [-0.2, -0.15) is 0 Å². The largest absolute Gasteiger partial charge is 0.449 e. The van der Waals surface area contributed by atoms with Crippen LogP contribution in [-0.2, 0) is 9.47 Å². The number of hydrogen-bond donors (Lipinski definition) is 2. The summed E-state index contributed by atoms with van der Waals surface area (Å²) in [5, 5.41) is 7.32. The summed E-state index contributed by atoms with van der Waals surface area (Å²) in [5.74, 6) is 0. The highest BCUT2D eigenvalue weighted by molar-refractivity contribution is 6.07. The molecule has 2 aromatic carbocycles. The molecule has 0 atom stereocenters. The number of ether oxygens (including phenoxy) is 2. The number of benzene rings is 2. The van der Waals surface area contributed by atoms with Crippen LogP contribution in [-0.4, -0.2) is 25.4 Å². The molecule has 2 rings (SSSR count). The van der Waals surface area contributed by atoms with Gasteiger partial charge in [0.2, 0.25) is 0 Å². The number of nitrogens with one attached hydrogen (secondary N) is 2. The first-order valence-electron chi connectivity index (χ1n) is 13.0. The minimum atomic E-state index is -0.460. The maximum Gasteiger partial charge on any atom is 0.411 e. The predicted molar refractivity (Wildman–Crippen MR) is 141 cm³/mol. The van der Waals surface area contributed by atoms with Gasteiger partial charge in [-0.1, -0.05) is 102 Å². The molecule has 0 aromatic heterocycles. The average molecular weight is 471 g/mol. The summed E-state index contributed by atoms with van der Waals surface area (Å²) in [6.07, 6.45) is 12.8. The van der Waals surface area contributed by atoms with Crippen LogP contribution < -0.4 is 10.6 Å². The Morgan fingerprint density at radius 2 is 0.971 bits per heavy atom. The summed E-state index contributed by atoms with van der Waals surface area (Å²) < 4.78 is 10.7. The topological polar surface area (TPSA) is 76.7 Å². The summed E-state index contributed by atoms with van der Waals surface area (Å²) in [6, 6.07) is 11.2. The van der Waals surface area contributed by atoms with Crippen molar-refractivity contribution in [3.05, 3.63) is 36.4 Å². The van der Waals surface area contributed by atoms with Crippen LogP contribution in [0.25, 0.3) is 10.8 Å². The molecule has 0 aliphatic heterocycles. The molecule has 0 aliphatic rings. The van der Waals surface area contributed by atoms with Crippen molar-refractivity contribution < 1.29 is 19.1 Å². The lowest BCUT2D eigenvalue weighted by atomic mass is 10.1. The maximum absolute atomic E-state index is 12.3. The lowest BCUT2D eigenvalue weighted by Gasteiger charge is -2.13. The Bertz CT molecular complexity index is 797. The summed E-state index contributed by atoms with van der Waals surface area (Å²) in [5.41, 5.74) is 1.30. The number of rotatable bonds is 16. The van der Waals surface area contributed by atoms with Crippen LogP contribution in [0, 0.1) is 0 Å². The van der Waals surface area contributed by atoms with E-state index >= 15 is 0 Å². The van der Waals surface area contributed by atoms with Crippen molar-refractivity contribution in [3.63, 3.8) is 0 Å². The second kappa shape index (κ2) is 16.8. The van der Waals surface area contributed by atoms with Gasteiger partial charge in [0.1, 0.15) is 0 Å². The lowest BCUT2D eigenvalue weighted by Crippen LogP contribution is -2.15. The second-order valence-corrected chi connectivity index (χ2v) is 8.76. The smallest absolute Gasteiger partial charge is 0.411 e. The summed E-state index contributed by atoms with van der Waals surface area (Å²) >= 11 is 0. The van der Waals surface area contributed by atoms with Gasteiger partial charge >= 0.3 is 12.2 Å². The van der Waals surface area contributed by atoms with E-state index in [-0.39, 0.29) is 0 Å². The van der Waals surface area contributed by atoms with Crippen LogP contribution in [0.15, 0.2) is 36.4 Å². The average Bonchev–Trinajstić information content (AvgIpc) is 2.83. The molecule has 188 valence electrons. The zero-order valence-electron chi connectivity index (χ0n) is 21.0. The van der Waals surface area contributed by atoms with E-state index in [0.29, 0.717) is 24.6 Å². The first kappa shape index (κ1) is 27.5. The van der Waals surface area contributed by atoms with Gasteiger partial charge in [0.15, 0.2) is 0 Å². The van der Waals surface area contributed by atoms with Crippen LogP contribution in [0.3, 0.4) is 0 Å². The Labute approximate surface area is 204 Å². The highest BCUT2D eigenvalue weighted by atomic mass is 16.6. The van der Waals surface area contributed by atoms with E-state index in [4.69, 9.17) is 9.47 Å². The second-order valence-electron chi connectivity index (χ2n) is 8.76. The molecule has 6 heteroatoms. The third-order valence-electron chi connectivity index (χ3n) is 5.86. The molecule has 2 N–H and O–H groups in total. The number of hydrogen-bond acceptors (Lipinski definition) is 4. The molecule has 0 heterocycles. The van der Waals surface area contributed by atoms with Crippen molar-refractivity contribution >= 4 is 34.3 Å². The van der Waals surface area contributed by atoms with Gasteiger partial charge in [0.05, 0.1) is 24.6 Å². The van der Waals surface area contributed by atoms with Crippen molar-refractivity contribution in [3.8, 4) is 0 Å². The standard InChI is InChI=1S/C28H42N2O4/c1-3-5-7-9-11-13-21-33-27(31)29-25-19-15-18-24-23(25)17-16-20-26(24)30-28(32)34-22-14-12-10-8-6-4-2/h15-20H,3-14,21-22H2,1-2H3,(H,29,31)(H,30,32). The minimum Gasteiger partial charge on any atom is -0.449 e. The molecule has 0 unspecified atom stereocenters. The molecule has 0 bridgehead atoms. The Morgan fingerprint density at radius 3 is 1.38 bits per heavy atom. The molecule has 2 aromatic rings. The predicted octanol–water partition coefficient (Wildman–Crippen LogP) is 8.66. The van der Waals surface area contributed by atoms with Crippen molar-refractivity contribution in [2.24, 2.45) is 0 Å². The van der Waals surface area contributed by atoms with Crippen molar-refractivity contribution in [1.29, 1.82) is 0 Å². The Hall–Kier alpha value is -2.76. The fourth-order valence-corrected chi connectivity index (χ4v) is 3.91. The van der Waals surface area contributed by atoms with Gasteiger partial charge in [-0.25, -0.2) is 9.59 Å². The molecular formula is C28H42N2O4. The van der Waals surface area contributed by atoms with Crippen LogP contribution >= 0.6 is 0 Å². The van der Waals surface area contributed by atoms with Gasteiger partial charge in [-0.15, -0.1) is 0 Å².